The number of benzene rings is 1. The summed E-state index contributed by atoms with van der Waals surface area (Å²) in [7, 11) is -3.86. The van der Waals surface area contributed by atoms with Gasteiger partial charge in [-0.2, -0.15) is 0 Å². The van der Waals surface area contributed by atoms with Gasteiger partial charge in [-0.3, -0.25) is 9.29 Å². The second kappa shape index (κ2) is 8.21. The molecule has 1 fully saturated rings. The molecule has 28 heavy (non-hydrogen) atoms. The quantitative estimate of drug-likeness (QED) is 0.740. The Morgan fingerprint density at radius 2 is 1.86 bits per heavy atom. The second-order valence-electron chi connectivity index (χ2n) is 8.29. The SMILES string of the molecule is [CH]c1ccccc1S(=O)(=O)N(c1cccnc1)C(C)(C)CN1CCC(C)CC1. The molecule has 0 spiro atoms. The molecule has 150 valence electrons. The highest BCUT2D eigenvalue weighted by Gasteiger charge is 2.39. The highest BCUT2D eigenvalue weighted by molar-refractivity contribution is 7.93. The van der Waals surface area contributed by atoms with Crippen LogP contribution in [0.2, 0.25) is 0 Å². The minimum atomic E-state index is -3.86. The molecule has 0 aliphatic carbocycles. The number of hydrogen-bond acceptors (Lipinski definition) is 4. The first-order valence-corrected chi connectivity index (χ1v) is 11.2. The highest BCUT2D eigenvalue weighted by Crippen LogP contribution is 2.33. The molecule has 0 saturated carbocycles. The molecule has 3 rings (SSSR count). The summed E-state index contributed by atoms with van der Waals surface area (Å²) < 4.78 is 28.9. The van der Waals surface area contributed by atoms with Gasteiger partial charge in [0.25, 0.3) is 10.0 Å². The third-order valence-electron chi connectivity index (χ3n) is 5.35. The Kier molecular flexibility index (Phi) is 6.10. The minimum absolute atomic E-state index is 0.124. The van der Waals surface area contributed by atoms with Gasteiger partial charge in [0, 0.05) is 19.7 Å². The molecule has 0 bridgehead atoms. The van der Waals surface area contributed by atoms with E-state index in [-0.39, 0.29) is 10.5 Å². The van der Waals surface area contributed by atoms with Crippen LogP contribution >= 0.6 is 0 Å². The predicted octanol–water partition coefficient (Wildman–Crippen LogP) is 3.85. The fraction of sp³-hybridized carbons (Fsp3) is 0.455. The molecular weight excluding hydrogens is 370 g/mol. The second-order valence-corrected chi connectivity index (χ2v) is 10.0. The average molecular weight is 400 g/mol. The lowest BCUT2D eigenvalue weighted by Gasteiger charge is -2.43. The maximum absolute atomic E-state index is 13.7. The van der Waals surface area contributed by atoms with Gasteiger partial charge < -0.3 is 4.90 Å². The van der Waals surface area contributed by atoms with Gasteiger partial charge in [0.2, 0.25) is 0 Å². The largest absolute Gasteiger partial charge is 0.301 e. The molecule has 5 nitrogen and oxygen atoms in total. The van der Waals surface area contributed by atoms with Crippen LogP contribution in [0.5, 0.6) is 0 Å². The van der Waals surface area contributed by atoms with Crippen LogP contribution in [0.1, 0.15) is 39.2 Å². The normalized spacial score (nSPS) is 16.9. The molecule has 1 aliphatic rings. The Labute approximate surface area is 169 Å². The van der Waals surface area contributed by atoms with E-state index < -0.39 is 15.6 Å². The van der Waals surface area contributed by atoms with Crippen LogP contribution in [0.4, 0.5) is 5.69 Å². The van der Waals surface area contributed by atoms with Crippen LogP contribution in [0.15, 0.2) is 53.7 Å². The number of rotatable bonds is 6. The summed E-state index contributed by atoms with van der Waals surface area (Å²) in [5.41, 5.74) is 0.116. The van der Waals surface area contributed by atoms with E-state index in [1.807, 2.05) is 13.8 Å². The molecular formula is C22H29N3O2S. The third kappa shape index (κ3) is 4.39. The molecule has 0 N–H and O–H groups in total. The molecule has 2 heterocycles. The van der Waals surface area contributed by atoms with E-state index in [9.17, 15) is 8.42 Å². The predicted molar refractivity (Wildman–Crippen MR) is 113 cm³/mol. The average Bonchev–Trinajstić information content (AvgIpc) is 2.64. The topological polar surface area (TPSA) is 53.5 Å². The molecule has 2 radical (unpaired) electrons. The van der Waals surface area contributed by atoms with Crippen molar-refractivity contribution < 1.29 is 8.42 Å². The summed E-state index contributed by atoms with van der Waals surface area (Å²) in [6, 6.07) is 10.2. The fourth-order valence-electron chi connectivity index (χ4n) is 3.93. The fourth-order valence-corrected chi connectivity index (χ4v) is 5.84. The van der Waals surface area contributed by atoms with E-state index in [1.165, 1.54) is 4.31 Å². The summed E-state index contributed by atoms with van der Waals surface area (Å²) in [5, 5.41) is 0. The Morgan fingerprint density at radius 3 is 2.46 bits per heavy atom. The number of sulfonamides is 1. The lowest BCUT2D eigenvalue weighted by Crippen LogP contribution is -2.55. The van der Waals surface area contributed by atoms with Gasteiger partial charge >= 0.3 is 0 Å². The van der Waals surface area contributed by atoms with Crippen LogP contribution in [-0.4, -0.2) is 43.5 Å². The van der Waals surface area contributed by atoms with Crippen LogP contribution in [-0.2, 0) is 10.0 Å². The van der Waals surface area contributed by atoms with E-state index in [2.05, 4.69) is 16.8 Å². The zero-order valence-electron chi connectivity index (χ0n) is 16.9. The van der Waals surface area contributed by atoms with E-state index in [0.717, 1.165) is 31.8 Å². The van der Waals surface area contributed by atoms with Crippen LogP contribution in [0, 0.1) is 12.8 Å². The monoisotopic (exact) mass is 399 g/mol. The first-order valence-electron chi connectivity index (χ1n) is 9.74. The molecule has 0 atom stereocenters. The van der Waals surface area contributed by atoms with Crippen molar-refractivity contribution in [3.05, 3.63) is 61.3 Å². The van der Waals surface area contributed by atoms with E-state index in [4.69, 9.17) is 6.92 Å². The Balaban J connectivity index is 2.01. The van der Waals surface area contributed by atoms with Gasteiger partial charge in [-0.05, 0) is 69.5 Å². The van der Waals surface area contributed by atoms with Crippen molar-refractivity contribution in [2.45, 2.75) is 44.0 Å². The Bertz CT molecular complexity index is 889. The van der Waals surface area contributed by atoms with Crippen molar-refractivity contribution >= 4 is 15.7 Å². The van der Waals surface area contributed by atoms with E-state index in [1.54, 1.807) is 48.8 Å². The lowest BCUT2D eigenvalue weighted by atomic mass is 9.96. The van der Waals surface area contributed by atoms with Crippen molar-refractivity contribution in [1.82, 2.24) is 9.88 Å². The van der Waals surface area contributed by atoms with Crippen LogP contribution < -0.4 is 4.31 Å². The van der Waals surface area contributed by atoms with Crippen molar-refractivity contribution in [2.24, 2.45) is 5.92 Å². The smallest absolute Gasteiger partial charge is 0.265 e. The lowest BCUT2D eigenvalue weighted by molar-refractivity contribution is 0.165. The number of hydrogen-bond donors (Lipinski definition) is 0. The van der Waals surface area contributed by atoms with Crippen LogP contribution in [0.25, 0.3) is 0 Å². The summed E-state index contributed by atoms with van der Waals surface area (Å²) in [4.78, 5) is 6.63. The van der Waals surface area contributed by atoms with Crippen molar-refractivity contribution in [1.29, 1.82) is 0 Å². The number of likely N-dealkylation sites (tertiary alicyclic amines) is 1. The van der Waals surface area contributed by atoms with E-state index >= 15 is 0 Å². The molecule has 1 aromatic carbocycles. The van der Waals surface area contributed by atoms with Gasteiger partial charge in [0.05, 0.1) is 22.3 Å². The van der Waals surface area contributed by atoms with Gasteiger partial charge in [-0.1, -0.05) is 25.1 Å². The molecule has 0 amide bonds. The van der Waals surface area contributed by atoms with Crippen molar-refractivity contribution in [2.75, 3.05) is 23.9 Å². The Hall–Kier alpha value is -1.92. The number of aromatic nitrogens is 1. The molecule has 1 saturated heterocycles. The van der Waals surface area contributed by atoms with Gasteiger partial charge in [0.15, 0.2) is 0 Å². The van der Waals surface area contributed by atoms with Crippen LogP contribution in [0.3, 0.4) is 0 Å². The zero-order valence-corrected chi connectivity index (χ0v) is 17.7. The maximum Gasteiger partial charge on any atom is 0.265 e. The third-order valence-corrected chi connectivity index (χ3v) is 7.47. The maximum atomic E-state index is 13.7. The molecule has 1 aromatic heterocycles. The molecule has 0 unspecified atom stereocenters. The zero-order chi connectivity index (χ0) is 20.4. The standard InChI is InChI=1S/C22H29N3O2S/c1-18-11-14-24(15-12-18)17-22(3,4)25(20-9-7-13-23-16-20)28(26,27)21-10-6-5-8-19(21)2/h2,5-10,13,16,18H,11-12,14-15,17H2,1,3-4H3. The van der Waals surface area contributed by atoms with Crippen molar-refractivity contribution in [3.63, 3.8) is 0 Å². The molecule has 6 heteroatoms. The van der Waals surface area contributed by atoms with Gasteiger partial charge in [-0.25, -0.2) is 8.42 Å². The summed E-state index contributed by atoms with van der Waals surface area (Å²) in [6.07, 6.45) is 5.52. The number of pyridine rings is 1. The highest BCUT2D eigenvalue weighted by atomic mass is 32.2. The number of nitrogens with zero attached hydrogens (tertiary/aromatic N) is 3. The Morgan fingerprint density at radius 1 is 1.18 bits per heavy atom. The molecule has 1 aliphatic heterocycles. The summed E-state index contributed by atoms with van der Waals surface area (Å²) >= 11 is 0. The summed E-state index contributed by atoms with van der Waals surface area (Å²) in [6.45, 7) is 14.8. The van der Waals surface area contributed by atoms with Gasteiger partial charge in [0.1, 0.15) is 0 Å². The first kappa shape index (κ1) is 20.8. The molecule has 2 aromatic rings. The number of piperidine rings is 1. The van der Waals surface area contributed by atoms with Gasteiger partial charge in [-0.15, -0.1) is 0 Å². The summed E-state index contributed by atoms with van der Waals surface area (Å²) in [5.74, 6) is 0.724. The minimum Gasteiger partial charge on any atom is -0.301 e. The van der Waals surface area contributed by atoms with E-state index in [0.29, 0.717) is 12.2 Å². The van der Waals surface area contributed by atoms with Crippen molar-refractivity contribution in [3.8, 4) is 0 Å². The first-order chi connectivity index (χ1) is 13.2. The number of anilines is 1.